The van der Waals surface area contributed by atoms with E-state index in [1.54, 1.807) is 0 Å². The van der Waals surface area contributed by atoms with Crippen molar-refractivity contribution in [1.82, 2.24) is 5.32 Å². The number of aliphatic hydroxyl groups is 1. The number of hydrogen-bond acceptors (Lipinski definition) is 2. The normalized spacial score (nSPS) is 25.9. The van der Waals surface area contributed by atoms with Gasteiger partial charge in [0.2, 0.25) is 5.91 Å². The van der Waals surface area contributed by atoms with E-state index in [2.05, 4.69) is 33.0 Å². The van der Waals surface area contributed by atoms with Gasteiger partial charge in [0.1, 0.15) is 0 Å². The largest absolute Gasteiger partial charge is 0.396 e. The number of amides is 1. The lowest BCUT2D eigenvalue weighted by Gasteiger charge is -2.27. The number of hydrogen-bond donors (Lipinski definition) is 2. The molecule has 0 saturated carbocycles. The van der Waals surface area contributed by atoms with Gasteiger partial charge in [-0.1, -0.05) is 39.8 Å². The molecule has 2 N–H and O–H groups in total. The molecule has 0 spiro atoms. The molecular weight excluding hydrogens is 214 g/mol. The van der Waals surface area contributed by atoms with E-state index in [1.165, 1.54) is 0 Å². The van der Waals surface area contributed by atoms with E-state index < -0.39 is 0 Å². The first-order chi connectivity index (χ1) is 7.82. The van der Waals surface area contributed by atoms with Gasteiger partial charge in [0.05, 0.1) is 0 Å². The van der Waals surface area contributed by atoms with Crippen LogP contribution in [0.25, 0.3) is 0 Å². The molecule has 0 saturated heterocycles. The van der Waals surface area contributed by atoms with E-state index >= 15 is 0 Å². The summed E-state index contributed by atoms with van der Waals surface area (Å²) in [6.45, 7) is 8.74. The maximum absolute atomic E-state index is 11.8. The van der Waals surface area contributed by atoms with Crippen molar-refractivity contribution in [3.8, 4) is 0 Å². The standard InChI is InChI=1S/C14H25NO2/c1-10(14(2,3)4)7-13(17)15-12-6-5-11(8-12)9-16/h5-6,10-12,16H,7-9H2,1-4H3,(H,15,17)/t10?,11-,12+/m0/s1. The van der Waals surface area contributed by atoms with E-state index in [1.807, 2.05) is 12.2 Å². The molecule has 0 aromatic heterocycles. The molecule has 0 bridgehead atoms. The van der Waals surface area contributed by atoms with Gasteiger partial charge < -0.3 is 10.4 Å². The first kappa shape index (κ1) is 14.2. The first-order valence-corrected chi connectivity index (χ1v) is 6.41. The van der Waals surface area contributed by atoms with Crippen LogP contribution in [0.2, 0.25) is 0 Å². The average molecular weight is 239 g/mol. The Morgan fingerprint density at radius 3 is 2.59 bits per heavy atom. The van der Waals surface area contributed by atoms with E-state index in [9.17, 15) is 4.79 Å². The number of rotatable bonds is 4. The topological polar surface area (TPSA) is 49.3 Å². The molecular formula is C14H25NO2. The molecule has 0 aromatic carbocycles. The summed E-state index contributed by atoms with van der Waals surface area (Å²) in [7, 11) is 0. The number of aliphatic hydroxyl groups excluding tert-OH is 1. The third kappa shape index (κ3) is 4.50. The molecule has 0 aliphatic heterocycles. The molecule has 98 valence electrons. The van der Waals surface area contributed by atoms with Crippen LogP contribution in [0, 0.1) is 17.3 Å². The zero-order valence-corrected chi connectivity index (χ0v) is 11.4. The second-order valence-corrected chi connectivity index (χ2v) is 6.21. The minimum absolute atomic E-state index is 0.104. The van der Waals surface area contributed by atoms with Crippen molar-refractivity contribution in [2.75, 3.05) is 6.61 Å². The van der Waals surface area contributed by atoms with Crippen LogP contribution in [0.15, 0.2) is 12.2 Å². The Morgan fingerprint density at radius 2 is 2.12 bits per heavy atom. The van der Waals surface area contributed by atoms with Crippen LogP contribution in [0.5, 0.6) is 0 Å². The van der Waals surface area contributed by atoms with Crippen LogP contribution < -0.4 is 5.32 Å². The zero-order valence-electron chi connectivity index (χ0n) is 11.4. The Hall–Kier alpha value is -0.830. The van der Waals surface area contributed by atoms with Crippen molar-refractivity contribution in [2.24, 2.45) is 17.3 Å². The van der Waals surface area contributed by atoms with Crippen LogP contribution in [-0.2, 0) is 4.79 Å². The van der Waals surface area contributed by atoms with Gasteiger partial charge in [-0.2, -0.15) is 0 Å². The molecule has 1 rings (SSSR count). The Bertz CT molecular complexity index is 291. The van der Waals surface area contributed by atoms with Gasteiger partial charge >= 0.3 is 0 Å². The minimum Gasteiger partial charge on any atom is -0.396 e. The van der Waals surface area contributed by atoms with Gasteiger partial charge in [-0.05, 0) is 17.8 Å². The highest BCUT2D eigenvalue weighted by atomic mass is 16.3. The maximum Gasteiger partial charge on any atom is 0.220 e. The Kier molecular flexibility index (Phi) is 4.75. The lowest BCUT2D eigenvalue weighted by Crippen LogP contribution is -2.35. The van der Waals surface area contributed by atoms with Crippen LogP contribution in [0.1, 0.15) is 40.5 Å². The number of carbonyl (C=O) groups is 1. The van der Waals surface area contributed by atoms with Crippen LogP contribution >= 0.6 is 0 Å². The third-order valence-electron chi connectivity index (χ3n) is 3.72. The van der Waals surface area contributed by atoms with Crippen molar-refractivity contribution in [2.45, 2.75) is 46.6 Å². The Balaban J connectivity index is 2.34. The third-order valence-corrected chi connectivity index (χ3v) is 3.72. The summed E-state index contributed by atoms with van der Waals surface area (Å²) in [5, 5.41) is 12.0. The van der Waals surface area contributed by atoms with Gasteiger partial charge in [0.25, 0.3) is 0 Å². The fourth-order valence-electron chi connectivity index (χ4n) is 1.87. The number of carbonyl (C=O) groups excluding carboxylic acids is 1. The molecule has 3 nitrogen and oxygen atoms in total. The lowest BCUT2D eigenvalue weighted by atomic mass is 9.80. The molecule has 0 radical (unpaired) electrons. The SMILES string of the molecule is CC(CC(=O)N[C@@H]1C=C[C@H](CO)C1)C(C)(C)C. The summed E-state index contributed by atoms with van der Waals surface area (Å²) < 4.78 is 0. The fraction of sp³-hybridized carbons (Fsp3) is 0.786. The summed E-state index contributed by atoms with van der Waals surface area (Å²) >= 11 is 0. The van der Waals surface area contributed by atoms with Crippen molar-refractivity contribution in [3.05, 3.63) is 12.2 Å². The molecule has 1 aliphatic carbocycles. The summed E-state index contributed by atoms with van der Waals surface area (Å²) in [5.41, 5.74) is 0.163. The fourth-order valence-corrected chi connectivity index (χ4v) is 1.87. The van der Waals surface area contributed by atoms with E-state index in [0.717, 1.165) is 6.42 Å². The van der Waals surface area contributed by atoms with Gasteiger partial charge in [-0.25, -0.2) is 0 Å². The van der Waals surface area contributed by atoms with Crippen molar-refractivity contribution in [3.63, 3.8) is 0 Å². The Morgan fingerprint density at radius 1 is 1.47 bits per heavy atom. The molecule has 3 atom stereocenters. The average Bonchev–Trinajstić information content (AvgIpc) is 2.63. The lowest BCUT2D eigenvalue weighted by molar-refractivity contribution is -0.123. The quantitative estimate of drug-likeness (QED) is 0.738. The minimum atomic E-state index is 0.104. The van der Waals surface area contributed by atoms with Crippen molar-refractivity contribution < 1.29 is 9.90 Å². The summed E-state index contributed by atoms with van der Waals surface area (Å²) in [5.74, 6) is 0.683. The second kappa shape index (κ2) is 5.67. The maximum atomic E-state index is 11.8. The molecule has 0 fully saturated rings. The summed E-state index contributed by atoms with van der Waals surface area (Å²) in [4.78, 5) is 11.8. The Labute approximate surface area is 104 Å². The van der Waals surface area contributed by atoms with E-state index in [4.69, 9.17) is 5.11 Å². The summed E-state index contributed by atoms with van der Waals surface area (Å²) in [6, 6.07) is 0.104. The van der Waals surface area contributed by atoms with E-state index in [0.29, 0.717) is 12.3 Å². The molecule has 1 amide bonds. The second-order valence-electron chi connectivity index (χ2n) is 6.21. The predicted octanol–water partition coefficient (Wildman–Crippen LogP) is 2.11. The van der Waals surface area contributed by atoms with Crippen molar-refractivity contribution >= 4 is 5.91 Å². The highest BCUT2D eigenvalue weighted by Crippen LogP contribution is 2.28. The highest BCUT2D eigenvalue weighted by Gasteiger charge is 2.24. The molecule has 1 aliphatic rings. The van der Waals surface area contributed by atoms with Gasteiger partial charge in [-0.3, -0.25) is 4.79 Å². The van der Waals surface area contributed by atoms with Crippen LogP contribution in [0.4, 0.5) is 0 Å². The molecule has 17 heavy (non-hydrogen) atoms. The van der Waals surface area contributed by atoms with Gasteiger partial charge in [0.15, 0.2) is 0 Å². The van der Waals surface area contributed by atoms with E-state index in [-0.39, 0.29) is 29.9 Å². The monoisotopic (exact) mass is 239 g/mol. The zero-order chi connectivity index (χ0) is 13.1. The van der Waals surface area contributed by atoms with Gasteiger partial charge in [-0.15, -0.1) is 0 Å². The molecule has 0 heterocycles. The predicted molar refractivity (Wildman–Crippen MR) is 69.5 cm³/mol. The molecule has 3 heteroatoms. The van der Waals surface area contributed by atoms with Crippen LogP contribution in [0.3, 0.4) is 0 Å². The molecule has 1 unspecified atom stereocenters. The van der Waals surface area contributed by atoms with Crippen LogP contribution in [-0.4, -0.2) is 23.7 Å². The van der Waals surface area contributed by atoms with Crippen molar-refractivity contribution in [1.29, 1.82) is 0 Å². The summed E-state index contributed by atoms with van der Waals surface area (Å²) in [6.07, 6.45) is 5.36. The smallest absolute Gasteiger partial charge is 0.220 e. The first-order valence-electron chi connectivity index (χ1n) is 6.41. The van der Waals surface area contributed by atoms with Gasteiger partial charge in [0, 0.05) is 25.0 Å². The highest BCUT2D eigenvalue weighted by molar-refractivity contribution is 5.76. The number of nitrogens with one attached hydrogen (secondary N) is 1. The molecule has 0 aromatic rings.